The molecular formula is C11H16N4O2. The number of aliphatic hydroxyl groups is 1. The Hall–Kier alpha value is -1.69. The number of aliphatic hydroxyl groups excluding tert-OH is 1. The van der Waals surface area contributed by atoms with Gasteiger partial charge in [0.15, 0.2) is 0 Å². The minimum absolute atomic E-state index is 0.548. The summed E-state index contributed by atoms with van der Waals surface area (Å²) in [6.07, 6.45) is 1.83. The van der Waals surface area contributed by atoms with Crippen LogP contribution < -0.4 is 0 Å². The Morgan fingerprint density at radius 1 is 1.47 bits per heavy atom. The van der Waals surface area contributed by atoms with E-state index in [0.29, 0.717) is 18.7 Å². The van der Waals surface area contributed by atoms with Crippen molar-refractivity contribution in [1.82, 2.24) is 20.2 Å². The van der Waals surface area contributed by atoms with Crippen molar-refractivity contribution < 1.29 is 9.63 Å². The molecule has 0 aliphatic heterocycles. The molecule has 0 saturated carbocycles. The number of hydrogen-bond acceptors (Lipinski definition) is 5. The second kappa shape index (κ2) is 4.67. The highest BCUT2D eigenvalue weighted by molar-refractivity contribution is 5.20. The maximum absolute atomic E-state index is 9.63. The monoisotopic (exact) mass is 236 g/mol. The predicted octanol–water partition coefficient (Wildman–Crippen LogP) is 1.37. The zero-order valence-corrected chi connectivity index (χ0v) is 10.2. The number of aryl methyl sites for hydroxylation is 2. The molecule has 92 valence electrons. The first-order chi connectivity index (χ1) is 8.11. The van der Waals surface area contributed by atoms with Crippen LogP contribution in [0.25, 0.3) is 0 Å². The largest absolute Gasteiger partial charge is 0.387 e. The van der Waals surface area contributed by atoms with Crippen LogP contribution in [0, 0.1) is 13.8 Å². The van der Waals surface area contributed by atoms with E-state index in [2.05, 4.69) is 15.5 Å². The Balaban J connectivity index is 2.17. The van der Waals surface area contributed by atoms with Crippen molar-refractivity contribution in [3.8, 4) is 0 Å². The molecule has 17 heavy (non-hydrogen) atoms. The molecule has 2 rings (SSSR count). The normalized spacial score (nSPS) is 12.9. The van der Waals surface area contributed by atoms with Crippen molar-refractivity contribution in [2.24, 2.45) is 0 Å². The van der Waals surface area contributed by atoms with Crippen molar-refractivity contribution >= 4 is 0 Å². The van der Waals surface area contributed by atoms with Gasteiger partial charge in [-0.15, -0.1) is 5.10 Å². The van der Waals surface area contributed by atoms with Gasteiger partial charge in [-0.3, -0.25) is 0 Å². The molecule has 2 heterocycles. The van der Waals surface area contributed by atoms with Crippen molar-refractivity contribution in [2.45, 2.75) is 39.8 Å². The molecule has 0 aromatic carbocycles. The first kappa shape index (κ1) is 11.8. The maximum Gasteiger partial charge on any atom is 0.138 e. The molecule has 0 saturated heterocycles. The molecule has 0 bridgehead atoms. The third-order valence-corrected chi connectivity index (χ3v) is 2.79. The van der Waals surface area contributed by atoms with E-state index in [-0.39, 0.29) is 0 Å². The SMILES string of the molecule is CCC(O)c1cn(Cc2c(C)noc2C)nn1. The van der Waals surface area contributed by atoms with Crippen LogP contribution in [0.5, 0.6) is 0 Å². The van der Waals surface area contributed by atoms with Crippen molar-refractivity contribution in [3.63, 3.8) is 0 Å². The summed E-state index contributed by atoms with van der Waals surface area (Å²) in [6.45, 7) is 6.22. The Bertz CT molecular complexity index is 484. The maximum atomic E-state index is 9.63. The van der Waals surface area contributed by atoms with Gasteiger partial charge in [0.2, 0.25) is 0 Å². The summed E-state index contributed by atoms with van der Waals surface area (Å²) < 4.78 is 6.76. The summed E-state index contributed by atoms with van der Waals surface area (Å²) in [4.78, 5) is 0. The van der Waals surface area contributed by atoms with Gasteiger partial charge < -0.3 is 9.63 Å². The lowest BCUT2D eigenvalue weighted by Crippen LogP contribution is -2.02. The van der Waals surface area contributed by atoms with Crippen LogP contribution >= 0.6 is 0 Å². The van der Waals surface area contributed by atoms with E-state index in [0.717, 1.165) is 17.0 Å². The van der Waals surface area contributed by atoms with Crippen LogP contribution in [0.4, 0.5) is 0 Å². The van der Waals surface area contributed by atoms with Gasteiger partial charge in [0.25, 0.3) is 0 Å². The van der Waals surface area contributed by atoms with E-state index in [1.165, 1.54) is 0 Å². The van der Waals surface area contributed by atoms with Crippen LogP contribution in [-0.2, 0) is 6.54 Å². The second-order valence-corrected chi connectivity index (χ2v) is 4.07. The van der Waals surface area contributed by atoms with Crippen LogP contribution in [0.1, 0.15) is 42.2 Å². The summed E-state index contributed by atoms with van der Waals surface area (Å²) in [5, 5.41) is 21.4. The fourth-order valence-corrected chi connectivity index (χ4v) is 1.64. The summed E-state index contributed by atoms with van der Waals surface area (Å²) in [7, 11) is 0. The van der Waals surface area contributed by atoms with Crippen LogP contribution in [-0.4, -0.2) is 25.3 Å². The molecule has 0 fully saturated rings. The summed E-state index contributed by atoms with van der Waals surface area (Å²) in [5.74, 6) is 0.788. The van der Waals surface area contributed by atoms with E-state index in [9.17, 15) is 5.11 Å². The zero-order valence-electron chi connectivity index (χ0n) is 10.2. The Morgan fingerprint density at radius 3 is 2.82 bits per heavy atom. The molecular weight excluding hydrogens is 220 g/mol. The molecule has 2 aromatic rings. The third kappa shape index (κ3) is 2.36. The first-order valence-corrected chi connectivity index (χ1v) is 5.61. The van der Waals surface area contributed by atoms with E-state index >= 15 is 0 Å². The van der Waals surface area contributed by atoms with Gasteiger partial charge in [-0.05, 0) is 20.3 Å². The average Bonchev–Trinajstić information content (AvgIpc) is 2.90. The molecule has 0 spiro atoms. The van der Waals surface area contributed by atoms with E-state index in [1.54, 1.807) is 10.9 Å². The van der Waals surface area contributed by atoms with Crippen molar-refractivity contribution in [2.75, 3.05) is 0 Å². The fraction of sp³-hybridized carbons (Fsp3) is 0.545. The fourth-order valence-electron chi connectivity index (χ4n) is 1.64. The smallest absolute Gasteiger partial charge is 0.138 e. The third-order valence-electron chi connectivity index (χ3n) is 2.79. The number of nitrogens with zero attached hydrogens (tertiary/aromatic N) is 4. The standard InChI is InChI=1S/C11H16N4O2/c1-4-11(16)10-6-15(14-12-10)5-9-7(2)13-17-8(9)3/h6,11,16H,4-5H2,1-3H3. The molecule has 6 nitrogen and oxygen atoms in total. The van der Waals surface area contributed by atoms with Gasteiger partial charge in [0.1, 0.15) is 11.5 Å². The molecule has 0 amide bonds. The summed E-state index contributed by atoms with van der Waals surface area (Å²) in [5.41, 5.74) is 2.46. The van der Waals surface area contributed by atoms with Crippen LogP contribution in [0.2, 0.25) is 0 Å². The number of aromatic nitrogens is 4. The molecule has 2 aromatic heterocycles. The van der Waals surface area contributed by atoms with E-state index in [4.69, 9.17) is 4.52 Å². The van der Waals surface area contributed by atoms with Crippen molar-refractivity contribution in [1.29, 1.82) is 0 Å². The number of rotatable bonds is 4. The molecule has 0 aliphatic carbocycles. The molecule has 0 radical (unpaired) electrons. The molecule has 1 N–H and O–H groups in total. The topological polar surface area (TPSA) is 77.0 Å². The highest BCUT2D eigenvalue weighted by Crippen LogP contribution is 2.16. The van der Waals surface area contributed by atoms with Gasteiger partial charge in [-0.1, -0.05) is 17.3 Å². The lowest BCUT2D eigenvalue weighted by atomic mass is 10.2. The molecule has 1 unspecified atom stereocenters. The van der Waals surface area contributed by atoms with Gasteiger partial charge in [-0.25, -0.2) is 4.68 Å². The van der Waals surface area contributed by atoms with Gasteiger partial charge in [0.05, 0.1) is 24.5 Å². The Labute approximate surface area is 99.2 Å². The van der Waals surface area contributed by atoms with Gasteiger partial charge in [0, 0.05) is 5.56 Å². The lowest BCUT2D eigenvalue weighted by Gasteiger charge is -2.01. The van der Waals surface area contributed by atoms with Crippen LogP contribution in [0.3, 0.4) is 0 Å². The van der Waals surface area contributed by atoms with Gasteiger partial charge >= 0.3 is 0 Å². The van der Waals surface area contributed by atoms with Gasteiger partial charge in [-0.2, -0.15) is 0 Å². The lowest BCUT2D eigenvalue weighted by molar-refractivity contribution is 0.168. The highest BCUT2D eigenvalue weighted by atomic mass is 16.5. The number of hydrogen-bond donors (Lipinski definition) is 1. The first-order valence-electron chi connectivity index (χ1n) is 5.61. The Morgan fingerprint density at radius 2 is 2.24 bits per heavy atom. The molecule has 6 heteroatoms. The summed E-state index contributed by atoms with van der Waals surface area (Å²) in [6, 6.07) is 0. The van der Waals surface area contributed by atoms with Crippen LogP contribution in [0.15, 0.2) is 10.7 Å². The van der Waals surface area contributed by atoms with E-state index < -0.39 is 6.10 Å². The zero-order chi connectivity index (χ0) is 12.4. The van der Waals surface area contributed by atoms with E-state index in [1.807, 2.05) is 20.8 Å². The summed E-state index contributed by atoms with van der Waals surface area (Å²) >= 11 is 0. The Kier molecular flexibility index (Phi) is 3.23. The average molecular weight is 236 g/mol. The minimum atomic E-state index is -0.548. The molecule has 0 aliphatic rings. The predicted molar refractivity (Wildman–Crippen MR) is 60.4 cm³/mol. The highest BCUT2D eigenvalue weighted by Gasteiger charge is 2.13. The minimum Gasteiger partial charge on any atom is -0.387 e. The molecule has 1 atom stereocenters. The quantitative estimate of drug-likeness (QED) is 0.867. The van der Waals surface area contributed by atoms with Crippen molar-refractivity contribution in [3.05, 3.63) is 28.9 Å². The second-order valence-electron chi connectivity index (χ2n) is 4.07.